The number of nitrogens with zero attached hydrogens (tertiary/aromatic N) is 1. The lowest BCUT2D eigenvalue weighted by Crippen LogP contribution is -2.40. The summed E-state index contributed by atoms with van der Waals surface area (Å²) in [6.45, 7) is 2.14. The molecule has 0 amide bonds. The molecular weight excluding hydrogens is 284 g/mol. The van der Waals surface area contributed by atoms with Crippen LogP contribution < -0.4 is 5.32 Å². The van der Waals surface area contributed by atoms with Crippen molar-refractivity contribution in [1.82, 2.24) is 10.3 Å². The zero-order chi connectivity index (χ0) is 11.0. The molecule has 1 aliphatic rings. The van der Waals surface area contributed by atoms with Gasteiger partial charge in [-0.15, -0.1) is 11.3 Å². The number of hydrogen-bond acceptors (Lipinski definition) is 3. The Labute approximate surface area is 107 Å². The molecule has 3 rings (SSSR count). The predicted molar refractivity (Wildman–Crippen MR) is 70.9 cm³/mol. The van der Waals surface area contributed by atoms with Crippen LogP contribution in [-0.2, 0) is 0 Å². The lowest BCUT2D eigenvalue weighted by atomic mass is 10.0. The second-order valence-electron chi connectivity index (χ2n) is 3.91. The van der Waals surface area contributed by atoms with Gasteiger partial charge in [-0.05, 0) is 6.07 Å². The van der Waals surface area contributed by atoms with Crippen LogP contribution >= 0.6 is 27.3 Å². The van der Waals surface area contributed by atoms with E-state index in [0.29, 0.717) is 5.92 Å². The molecule has 2 nitrogen and oxygen atoms in total. The molecule has 1 aromatic carbocycles. The summed E-state index contributed by atoms with van der Waals surface area (Å²) >= 11 is 5.29. The van der Waals surface area contributed by atoms with Crippen LogP contribution in [0.15, 0.2) is 34.1 Å². The topological polar surface area (TPSA) is 24.9 Å². The SMILES string of the molecule is Brc1ccccc1-c1nc(C2CNC2)cs1. The van der Waals surface area contributed by atoms with Crippen molar-refractivity contribution in [3.63, 3.8) is 0 Å². The molecule has 1 aliphatic heterocycles. The van der Waals surface area contributed by atoms with Gasteiger partial charge in [0.1, 0.15) is 5.01 Å². The third-order valence-corrected chi connectivity index (χ3v) is 4.41. The summed E-state index contributed by atoms with van der Waals surface area (Å²) in [4.78, 5) is 4.71. The van der Waals surface area contributed by atoms with Crippen molar-refractivity contribution in [3.05, 3.63) is 39.8 Å². The molecule has 0 radical (unpaired) electrons. The summed E-state index contributed by atoms with van der Waals surface area (Å²) in [6.07, 6.45) is 0. The number of nitrogens with one attached hydrogen (secondary N) is 1. The average Bonchev–Trinajstić information content (AvgIpc) is 2.65. The van der Waals surface area contributed by atoms with E-state index in [1.165, 1.54) is 11.3 Å². The van der Waals surface area contributed by atoms with E-state index in [1.807, 2.05) is 12.1 Å². The molecule has 1 aromatic heterocycles. The number of halogens is 1. The van der Waals surface area contributed by atoms with Crippen molar-refractivity contribution in [1.29, 1.82) is 0 Å². The Kier molecular flexibility index (Phi) is 2.79. The molecule has 0 aliphatic carbocycles. The summed E-state index contributed by atoms with van der Waals surface area (Å²) in [5.74, 6) is 0.618. The molecule has 2 aromatic rings. The molecule has 0 atom stereocenters. The maximum atomic E-state index is 4.71. The van der Waals surface area contributed by atoms with Crippen LogP contribution in [-0.4, -0.2) is 18.1 Å². The Morgan fingerprint density at radius 2 is 2.12 bits per heavy atom. The van der Waals surface area contributed by atoms with Crippen molar-refractivity contribution in [2.75, 3.05) is 13.1 Å². The largest absolute Gasteiger partial charge is 0.315 e. The Morgan fingerprint density at radius 3 is 2.81 bits per heavy atom. The van der Waals surface area contributed by atoms with Crippen LogP contribution in [0.2, 0.25) is 0 Å². The van der Waals surface area contributed by atoms with Crippen molar-refractivity contribution in [3.8, 4) is 10.6 Å². The second-order valence-corrected chi connectivity index (χ2v) is 5.62. The number of rotatable bonds is 2. The van der Waals surface area contributed by atoms with Gasteiger partial charge in [0.2, 0.25) is 0 Å². The molecule has 0 unspecified atom stereocenters. The van der Waals surface area contributed by atoms with Crippen LogP contribution in [0.3, 0.4) is 0 Å². The summed E-state index contributed by atoms with van der Waals surface area (Å²) < 4.78 is 1.11. The standard InChI is InChI=1S/C12H11BrN2S/c13-10-4-2-1-3-9(10)12-15-11(7-16-12)8-5-14-6-8/h1-4,7-8,14H,5-6H2. The summed E-state index contributed by atoms with van der Waals surface area (Å²) in [7, 11) is 0. The number of aromatic nitrogens is 1. The fourth-order valence-electron chi connectivity index (χ4n) is 1.73. The van der Waals surface area contributed by atoms with E-state index in [4.69, 9.17) is 4.98 Å². The third kappa shape index (κ3) is 1.81. The van der Waals surface area contributed by atoms with E-state index in [2.05, 4.69) is 38.8 Å². The smallest absolute Gasteiger partial charge is 0.124 e. The lowest BCUT2D eigenvalue weighted by Gasteiger charge is -2.25. The van der Waals surface area contributed by atoms with Gasteiger partial charge in [-0.2, -0.15) is 0 Å². The molecule has 0 saturated carbocycles. The summed E-state index contributed by atoms with van der Waals surface area (Å²) in [5.41, 5.74) is 2.42. The van der Waals surface area contributed by atoms with Crippen molar-refractivity contribution >= 4 is 27.3 Å². The molecule has 1 fully saturated rings. The van der Waals surface area contributed by atoms with Crippen LogP contribution in [0.25, 0.3) is 10.6 Å². The Morgan fingerprint density at radius 1 is 1.31 bits per heavy atom. The summed E-state index contributed by atoms with van der Waals surface area (Å²) in [6, 6.07) is 8.23. The highest BCUT2D eigenvalue weighted by atomic mass is 79.9. The van der Waals surface area contributed by atoms with Gasteiger partial charge in [0.25, 0.3) is 0 Å². The first-order valence-electron chi connectivity index (χ1n) is 5.25. The Hall–Kier alpha value is -0.710. The lowest BCUT2D eigenvalue weighted by molar-refractivity contribution is 0.441. The number of benzene rings is 1. The quantitative estimate of drug-likeness (QED) is 0.920. The zero-order valence-electron chi connectivity index (χ0n) is 8.61. The summed E-state index contributed by atoms with van der Waals surface area (Å²) in [5, 5.41) is 6.56. The van der Waals surface area contributed by atoms with Crippen LogP contribution in [0.5, 0.6) is 0 Å². The van der Waals surface area contributed by atoms with Crippen molar-refractivity contribution in [2.45, 2.75) is 5.92 Å². The van der Waals surface area contributed by atoms with Gasteiger partial charge in [0.15, 0.2) is 0 Å². The van der Waals surface area contributed by atoms with Gasteiger partial charge >= 0.3 is 0 Å². The molecule has 1 saturated heterocycles. The highest BCUT2D eigenvalue weighted by molar-refractivity contribution is 9.10. The average molecular weight is 295 g/mol. The van der Waals surface area contributed by atoms with Crippen LogP contribution in [0.4, 0.5) is 0 Å². The van der Waals surface area contributed by atoms with Crippen molar-refractivity contribution in [2.24, 2.45) is 0 Å². The van der Waals surface area contributed by atoms with Gasteiger partial charge in [0.05, 0.1) is 5.69 Å². The van der Waals surface area contributed by atoms with E-state index in [0.717, 1.165) is 22.6 Å². The number of thiazole rings is 1. The molecule has 82 valence electrons. The van der Waals surface area contributed by atoms with Gasteiger partial charge in [0, 0.05) is 34.4 Å². The molecule has 16 heavy (non-hydrogen) atoms. The highest BCUT2D eigenvalue weighted by Crippen LogP contribution is 2.32. The minimum atomic E-state index is 0.618. The van der Waals surface area contributed by atoms with Crippen LogP contribution in [0.1, 0.15) is 11.6 Å². The minimum Gasteiger partial charge on any atom is -0.315 e. The Bertz CT molecular complexity index is 505. The first-order chi connectivity index (χ1) is 7.84. The van der Waals surface area contributed by atoms with E-state index < -0.39 is 0 Å². The van der Waals surface area contributed by atoms with E-state index in [9.17, 15) is 0 Å². The molecule has 0 bridgehead atoms. The fourth-order valence-corrected chi connectivity index (χ4v) is 3.27. The molecular formula is C12H11BrN2S. The highest BCUT2D eigenvalue weighted by Gasteiger charge is 2.21. The van der Waals surface area contributed by atoms with Gasteiger partial charge in [-0.3, -0.25) is 0 Å². The normalized spacial score (nSPS) is 16.1. The van der Waals surface area contributed by atoms with Gasteiger partial charge in [-0.1, -0.05) is 34.1 Å². The predicted octanol–water partition coefficient (Wildman–Crippen LogP) is 3.26. The third-order valence-electron chi connectivity index (χ3n) is 2.83. The fraction of sp³-hybridized carbons (Fsp3) is 0.250. The molecule has 0 spiro atoms. The first kappa shape index (κ1) is 10.4. The molecule has 4 heteroatoms. The molecule has 1 N–H and O–H groups in total. The van der Waals surface area contributed by atoms with E-state index in [-0.39, 0.29) is 0 Å². The zero-order valence-corrected chi connectivity index (χ0v) is 11.0. The first-order valence-corrected chi connectivity index (χ1v) is 6.93. The van der Waals surface area contributed by atoms with E-state index >= 15 is 0 Å². The maximum Gasteiger partial charge on any atom is 0.124 e. The maximum absolute atomic E-state index is 4.71. The molecule has 2 heterocycles. The Balaban J connectivity index is 1.95. The van der Waals surface area contributed by atoms with E-state index in [1.54, 1.807) is 11.3 Å². The van der Waals surface area contributed by atoms with Crippen LogP contribution in [0, 0.1) is 0 Å². The number of hydrogen-bond donors (Lipinski definition) is 1. The van der Waals surface area contributed by atoms with Gasteiger partial charge < -0.3 is 5.32 Å². The van der Waals surface area contributed by atoms with Crippen molar-refractivity contribution < 1.29 is 0 Å². The minimum absolute atomic E-state index is 0.618. The monoisotopic (exact) mass is 294 g/mol. The van der Waals surface area contributed by atoms with Gasteiger partial charge in [-0.25, -0.2) is 4.98 Å². The second kappa shape index (κ2) is 4.28.